The van der Waals surface area contributed by atoms with Crippen LogP contribution in [-0.4, -0.2) is 35.9 Å². The number of halogens is 3. The van der Waals surface area contributed by atoms with Crippen LogP contribution in [0.1, 0.15) is 10.4 Å². The molecule has 0 fully saturated rings. The molecule has 0 spiro atoms. The van der Waals surface area contributed by atoms with Gasteiger partial charge in [0.2, 0.25) is 0 Å². The molecule has 1 aromatic carbocycles. The van der Waals surface area contributed by atoms with Gasteiger partial charge in [-0.3, -0.25) is 0 Å². The maximum atomic E-state index is 12.7. The van der Waals surface area contributed by atoms with Crippen LogP contribution in [0.2, 0.25) is 0 Å². The molecule has 0 atom stereocenters. The van der Waals surface area contributed by atoms with Gasteiger partial charge in [-0.1, -0.05) is 0 Å². The third kappa shape index (κ3) is 3.98. The Labute approximate surface area is 120 Å². The lowest BCUT2D eigenvalue weighted by Gasteiger charge is -2.19. The van der Waals surface area contributed by atoms with Crippen molar-refractivity contribution in [1.29, 1.82) is 0 Å². The van der Waals surface area contributed by atoms with E-state index in [4.69, 9.17) is 0 Å². The van der Waals surface area contributed by atoms with Gasteiger partial charge < -0.3 is 14.4 Å². The van der Waals surface area contributed by atoms with Crippen molar-refractivity contribution >= 4 is 38.7 Å². The first-order valence-electron chi connectivity index (χ1n) is 4.53. The summed E-state index contributed by atoms with van der Waals surface area (Å²) in [6.07, 6.45) is 0. The van der Waals surface area contributed by atoms with Crippen LogP contribution in [0.3, 0.4) is 0 Å². The molecule has 1 N–H and O–H groups in total. The van der Waals surface area contributed by atoms with Gasteiger partial charge in [0.1, 0.15) is 5.75 Å². The zero-order chi connectivity index (χ0) is 14.8. The molecule has 0 bridgehead atoms. The topological polar surface area (TPSA) is 104 Å². The van der Waals surface area contributed by atoms with Gasteiger partial charge in [-0.25, -0.2) is 13.2 Å². The molecule has 106 valence electrons. The van der Waals surface area contributed by atoms with E-state index in [1.54, 1.807) is 22.6 Å². The Balaban J connectivity index is 2.79. The maximum Gasteiger partial charge on any atom is 0.367 e. The number of carbonyl (C=O) groups excluding carboxylic acids is 1. The first-order valence-corrected chi connectivity index (χ1v) is 7.02. The lowest BCUT2D eigenvalue weighted by atomic mass is 10.2. The van der Waals surface area contributed by atoms with Crippen LogP contribution in [0, 0.1) is 3.57 Å². The fourth-order valence-corrected chi connectivity index (χ4v) is 1.48. The number of phenols is 1. The molecule has 19 heavy (non-hydrogen) atoms. The lowest BCUT2D eigenvalue weighted by Crippen LogP contribution is -2.34. The van der Waals surface area contributed by atoms with Crippen LogP contribution in [-0.2, 0) is 14.9 Å². The van der Waals surface area contributed by atoms with Crippen LogP contribution in [0.4, 0.5) is 8.78 Å². The van der Waals surface area contributed by atoms with Crippen molar-refractivity contribution in [3.05, 3.63) is 27.3 Å². The quantitative estimate of drug-likeness (QED) is 0.459. The number of esters is 1. The molecule has 0 radical (unpaired) electrons. The molecule has 0 amide bonds. The third-order valence-corrected chi connectivity index (χ3v) is 3.68. The Morgan fingerprint density at radius 1 is 1.47 bits per heavy atom. The van der Waals surface area contributed by atoms with Gasteiger partial charge in [0.25, 0.3) is 0 Å². The molecule has 1 aromatic rings. The zero-order valence-corrected chi connectivity index (χ0v) is 11.9. The van der Waals surface area contributed by atoms with E-state index in [0.29, 0.717) is 3.57 Å². The monoisotopic (exact) mass is 407 g/mol. The fourth-order valence-electron chi connectivity index (χ4n) is 0.945. The number of benzene rings is 1. The first kappa shape index (κ1) is 16.0. The van der Waals surface area contributed by atoms with Gasteiger partial charge in [-0.05, 0) is 40.8 Å². The number of ether oxygens (including phenoxy) is 1. The van der Waals surface area contributed by atoms with Gasteiger partial charge in [-0.15, -0.1) is 0 Å². The number of rotatable bonds is 4. The highest BCUT2D eigenvalue weighted by atomic mass is 127. The second-order valence-corrected chi connectivity index (χ2v) is 6.00. The van der Waals surface area contributed by atoms with E-state index in [9.17, 15) is 31.7 Å². The summed E-state index contributed by atoms with van der Waals surface area (Å²) in [7, 11) is -5.91. The molecule has 0 aromatic heterocycles. The number of carbonyl (C=O) groups is 1. The van der Waals surface area contributed by atoms with Gasteiger partial charge in [0.05, 0.1) is 9.13 Å². The smallest absolute Gasteiger partial charge is 0.367 e. The van der Waals surface area contributed by atoms with Crippen molar-refractivity contribution in [2.75, 3.05) is 6.61 Å². The van der Waals surface area contributed by atoms with E-state index in [0.717, 1.165) is 6.07 Å². The molecule has 0 saturated heterocycles. The molecule has 0 heterocycles. The Hall–Kier alpha value is -1.01. The summed E-state index contributed by atoms with van der Waals surface area (Å²) < 4.78 is 60.4. The van der Waals surface area contributed by atoms with Gasteiger partial charge >= 0.3 is 11.2 Å². The summed E-state index contributed by atoms with van der Waals surface area (Å²) in [6.45, 7) is -1.88. The highest BCUT2D eigenvalue weighted by molar-refractivity contribution is 14.1. The van der Waals surface area contributed by atoms with Crippen LogP contribution < -0.4 is 0 Å². The van der Waals surface area contributed by atoms with Crippen molar-refractivity contribution in [2.45, 2.75) is 5.25 Å². The van der Waals surface area contributed by atoms with Crippen molar-refractivity contribution in [2.24, 2.45) is 0 Å². The van der Waals surface area contributed by atoms with E-state index in [-0.39, 0.29) is 11.3 Å². The largest absolute Gasteiger partial charge is 0.743 e. The van der Waals surface area contributed by atoms with Crippen LogP contribution in [0.25, 0.3) is 0 Å². The Morgan fingerprint density at radius 3 is 2.53 bits per heavy atom. The Bertz CT molecular complexity index is 601. The second-order valence-electron chi connectivity index (χ2n) is 3.33. The van der Waals surface area contributed by atoms with Crippen molar-refractivity contribution < 1.29 is 36.4 Å². The number of phenolic OH excluding ortho intramolecular Hbond substituents is 1. The summed E-state index contributed by atoms with van der Waals surface area (Å²) in [4.78, 5) is 11.3. The normalized spacial score (nSPS) is 12.2. The number of hydrogen-bond acceptors (Lipinski definition) is 6. The standard InChI is InChI=1S/C9H7F2IO6S/c10-9(11,19(15,16)17)4-18-8(14)5-1-2-6(12)7(13)3-5/h1-3,13H,4H2,(H,15,16,17)/p-1. The summed E-state index contributed by atoms with van der Waals surface area (Å²) in [5.74, 6) is -1.55. The number of aromatic hydroxyl groups is 1. The molecule has 1 rings (SSSR count). The van der Waals surface area contributed by atoms with E-state index >= 15 is 0 Å². The van der Waals surface area contributed by atoms with E-state index in [1.807, 2.05) is 0 Å². The van der Waals surface area contributed by atoms with Gasteiger partial charge in [0, 0.05) is 0 Å². The summed E-state index contributed by atoms with van der Waals surface area (Å²) in [5.41, 5.74) is -0.253. The summed E-state index contributed by atoms with van der Waals surface area (Å²) in [6, 6.07) is 3.48. The minimum Gasteiger partial charge on any atom is -0.743 e. The van der Waals surface area contributed by atoms with Crippen molar-refractivity contribution in [3.8, 4) is 5.75 Å². The molecule has 0 saturated carbocycles. The minimum absolute atomic E-state index is 0.253. The van der Waals surface area contributed by atoms with Crippen LogP contribution in [0.5, 0.6) is 5.75 Å². The van der Waals surface area contributed by atoms with Crippen molar-refractivity contribution in [3.63, 3.8) is 0 Å². The highest BCUT2D eigenvalue weighted by Crippen LogP contribution is 2.23. The van der Waals surface area contributed by atoms with Gasteiger partial charge in [-0.2, -0.15) is 8.78 Å². The van der Waals surface area contributed by atoms with E-state index in [2.05, 4.69) is 4.74 Å². The SMILES string of the molecule is O=C(OCC(F)(F)S(=O)(=O)[O-])c1ccc(I)c(O)c1. The number of alkyl halides is 2. The van der Waals surface area contributed by atoms with Gasteiger partial charge in [0.15, 0.2) is 16.7 Å². The predicted molar refractivity (Wildman–Crippen MR) is 65.8 cm³/mol. The molecule has 10 heteroatoms. The molecule has 0 aliphatic heterocycles. The summed E-state index contributed by atoms with van der Waals surface area (Å²) in [5, 5.41) is 4.60. The second kappa shape index (κ2) is 5.54. The molecular weight excluding hydrogens is 401 g/mol. The molecule has 0 aliphatic rings. The Kier molecular flexibility index (Phi) is 4.68. The lowest BCUT2D eigenvalue weighted by molar-refractivity contribution is -0.00998. The molecular formula is C9H6F2IO6S-. The number of hydrogen-bond donors (Lipinski definition) is 1. The predicted octanol–water partition coefficient (Wildman–Crippen LogP) is 1.29. The first-order chi connectivity index (χ1) is 8.54. The van der Waals surface area contributed by atoms with Crippen molar-refractivity contribution in [1.82, 2.24) is 0 Å². The molecule has 0 unspecified atom stereocenters. The average Bonchev–Trinajstić information content (AvgIpc) is 2.28. The third-order valence-electron chi connectivity index (χ3n) is 1.92. The zero-order valence-electron chi connectivity index (χ0n) is 8.97. The minimum atomic E-state index is -5.91. The average molecular weight is 407 g/mol. The Morgan fingerprint density at radius 2 is 2.05 bits per heavy atom. The van der Waals surface area contributed by atoms with E-state index in [1.165, 1.54) is 12.1 Å². The summed E-state index contributed by atoms with van der Waals surface area (Å²) >= 11 is 1.77. The van der Waals surface area contributed by atoms with E-state index < -0.39 is 27.9 Å². The van der Waals surface area contributed by atoms with Crippen LogP contribution in [0.15, 0.2) is 18.2 Å². The van der Waals surface area contributed by atoms with Crippen LogP contribution >= 0.6 is 22.6 Å². The maximum absolute atomic E-state index is 12.7. The molecule has 6 nitrogen and oxygen atoms in total. The highest BCUT2D eigenvalue weighted by Gasteiger charge is 2.39. The fraction of sp³-hybridized carbons (Fsp3) is 0.222. The molecule has 0 aliphatic carbocycles.